The van der Waals surface area contributed by atoms with Crippen LogP contribution in [0.25, 0.3) is 0 Å². The van der Waals surface area contributed by atoms with Gasteiger partial charge in [-0.25, -0.2) is 0 Å². The van der Waals surface area contributed by atoms with Gasteiger partial charge in [-0.2, -0.15) is 0 Å². The maximum atomic E-state index is 3.56. The molecule has 0 aromatic heterocycles. The average molecular weight is 546 g/mol. The van der Waals surface area contributed by atoms with Crippen LogP contribution in [0.1, 0.15) is 6.42 Å². The zero-order valence-electron chi connectivity index (χ0n) is 5.34. The number of halogens is 6. The fourth-order valence-electron chi connectivity index (χ4n) is 0.439. The molecule has 0 nitrogen and oxygen atoms in total. The first-order valence-electron chi connectivity index (χ1n) is 2.76. The van der Waals surface area contributed by atoms with Gasteiger partial charge in [0, 0.05) is 10.2 Å². The molecular weight excluding hydrogens is 539 g/mol. The highest BCUT2D eigenvalue weighted by Crippen LogP contribution is 2.43. The number of hydrogen-bond donors (Lipinski definition) is 0. The van der Waals surface area contributed by atoms with Crippen LogP contribution >= 0.6 is 95.6 Å². The van der Waals surface area contributed by atoms with Crippen molar-refractivity contribution in [2.75, 3.05) is 5.33 Å². The first kappa shape index (κ1) is 13.9. The molecule has 0 N–H and O–H groups in total. The van der Waals surface area contributed by atoms with Gasteiger partial charge in [0.15, 0.2) is 0 Å². The largest absolute Gasteiger partial charge is 0.104 e. The molecule has 0 aliphatic heterocycles. The molecule has 1 unspecified atom stereocenters. The van der Waals surface area contributed by atoms with Gasteiger partial charge in [-0.15, -0.1) is 0 Å². The molecule has 0 aliphatic rings. The fraction of sp³-hybridized carbons (Fsp3) is 1.00. The molecule has 0 saturated carbocycles. The van der Waals surface area contributed by atoms with Crippen LogP contribution in [0.2, 0.25) is 0 Å². The maximum absolute atomic E-state index is 3.56. The number of rotatable bonds is 4. The lowest BCUT2D eigenvalue weighted by Gasteiger charge is -2.24. The van der Waals surface area contributed by atoms with Crippen LogP contribution in [-0.2, 0) is 0 Å². The average Bonchev–Trinajstić information content (AvgIpc) is 1.86. The van der Waals surface area contributed by atoms with Crippen molar-refractivity contribution >= 4 is 95.6 Å². The molecule has 0 amide bonds. The van der Waals surface area contributed by atoms with Gasteiger partial charge < -0.3 is 0 Å². The third kappa shape index (κ3) is 6.05. The Morgan fingerprint density at radius 1 is 1.09 bits per heavy atom. The van der Waals surface area contributed by atoms with Crippen LogP contribution in [0.5, 0.6) is 0 Å². The Morgan fingerprint density at radius 2 is 1.55 bits per heavy atom. The van der Waals surface area contributed by atoms with Crippen molar-refractivity contribution in [3.63, 3.8) is 0 Å². The summed E-state index contributed by atoms with van der Waals surface area (Å²) in [5, 5.41) is 0.943. The molecule has 0 fully saturated rings. The molecule has 0 aromatic rings. The highest BCUT2D eigenvalue weighted by atomic mass is 79.9. The van der Waals surface area contributed by atoms with Gasteiger partial charge in [0.2, 0.25) is 0 Å². The Kier molecular flexibility index (Phi) is 8.05. The Bertz CT molecular complexity index is 112. The molecule has 0 rings (SSSR count). The lowest BCUT2D eigenvalue weighted by atomic mass is 10.3. The molecule has 0 radical (unpaired) electrons. The summed E-state index contributed by atoms with van der Waals surface area (Å²) in [6.07, 6.45) is 0.972. The second-order valence-corrected chi connectivity index (χ2v) is 10.9. The first-order chi connectivity index (χ1) is 4.90. The van der Waals surface area contributed by atoms with Gasteiger partial charge >= 0.3 is 0 Å². The quantitative estimate of drug-likeness (QED) is 0.430. The van der Waals surface area contributed by atoms with Crippen molar-refractivity contribution in [3.8, 4) is 0 Å². The third-order valence-corrected chi connectivity index (χ3v) is 8.86. The van der Waals surface area contributed by atoms with Crippen LogP contribution in [0.3, 0.4) is 0 Å². The third-order valence-electron chi connectivity index (χ3n) is 0.980. The second-order valence-electron chi connectivity index (χ2n) is 2.02. The molecule has 1 atom stereocenters. The summed E-state index contributed by atoms with van der Waals surface area (Å²) in [7, 11) is 0. The van der Waals surface area contributed by atoms with E-state index < -0.39 is 0 Å². The van der Waals surface area contributed by atoms with E-state index >= 15 is 0 Å². The standard InChI is InChI=1S/C5H6Br6/c6-2-3(7)1-5(10,11)4(8)9/h3-4H,1-2H2. The van der Waals surface area contributed by atoms with E-state index in [1.807, 2.05) is 0 Å². The van der Waals surface area contributed by atoms with Crippen LogP contribution in [0.4, 0.5) is 0 Å². The minimum Gasteiger partial charge on any atom is -0.0916 e. The monoisotopic (exact) mass is 540 g/mol. The van der Waals surface area contributed by atoms with Crippen LogP contribution in [0.15, 0.2) is 0 Å². The van der Waals surface area contributed by atoms with Gasteiger partial charge in [0.25, 0.3) is 0 Å². The Morgan fingerprint density at radius 3 is 1.82 bits per heavy atom. The van der Waals surface area contributed by atoms with Crippen LogP contribution < -0.4 is 0 Å². The van der Waals surface area contributed by atoms with Crippen LogP contribution in [-0.4, -0.2) is 17.1 Å². The van der Waals surface area contributed by atoms with Gasteiger partial charge in [0.1, 0.15) is 3.23 Å². The van der Waals surface area contributed by atoms with Crippen molar-refractivity contribution in [1.82, 2.24) is 0 Å². The normalized spacial score (nSPS) is 15.5. The Labute approximate surface area is 117 Å². The Hall–Kier alpha value is 2.88. The zero-order valence-corrected chi connectivity index (χ0v) is 14.9. The van der Waals surface area contributed by atoms with Crippen molar-refractivity contribution < 1.29 is 0 Å². The summed E-state index contributed by atoms with van der Waals surface area (Å²) < 4.78 is 0.115. The van der Waals surface area contributed by atoms with E-state index in [0.29, 0.717) is 4.83 Å². The molecule has 6 heteroatoms. The van der Waals surface area contributed by atoms with E-state index in [4.69, 9.17) is 0 Å². The van der Waals surface area contributed by atoms with Gasteiger partial charge in [-0.05, 0) is 6.42 Å². The Balaban J connectivity index is 3.90. The predicted molar refractivity (Wildman–Crippen MR) is 73.4 cm³/mol. The molecule has 0 heterocycles. The van der Waals surface area contributed by atoms with Crippen molar-refractivity contribution in [1.29, 1.82) is 0 Å². The number of alkyl halides is 6. The van der Waals surface area contributed by atoms with Gasteiger partial charge in [-0.3, -0.25) is 0 Å². The maximum Gasteiger partial charge on any atom is 0.104 e. The molecule has 0 saturated heterocycles. The molecular formula is C5H6Br6. The van der Waals surface area contributed by atoms with E-state index in [1.165, 1.54) is 0 Å². The smallest absolute Gasteiger partial charge is 0.0916 e. The van der Waals surface area contributed by atoms with E-state index in [2.05, 4.69) is 95.6 Å². The van der Waals surface area contributed by atoms with Crippen molar-refractivity contribution in [3.05, 3.63) is 0 Å². The summed E-state index contributed by atoms with van der Waals surface area (Å²) in [6.45, 7) is 0. The highest BCUT2D eigenvalue weighted by molar-refractivity contribution is 9.30. The minimum atomic E-state index is -0.0953. The predicted octanol–water partition coefficient (Wildman–Crippen LogP) is 5.14. The van der Waals surface area contributed by atoms with E-state index in [0.717, 1.165) is 11.8 Å². The SMILES string of the molecule is BrCC(Br)CC(Br)(Br)C(Br)Br. The second kappa shape index (κ2) is 6.38. The molecule has 0 bridgehead atoms. The lowest BCUT2D eigenvalue weighted by Crippen LogP contribution is -2.24. The summed E-state index contributed by atoms with van der Waals surface area (Å²) in [5.41, 5.74) is 0. The zero-order chi connectivity index (χ0) is 9.07. The van der Waals surface area contributed by atoms with E-state index in [-0.39, 0.29) is 6.97 Å². The minimum absolute atomic E-state index is 0.0953. The summed E-state index contributed by atoms with van der Waals surface area (Å²) in [6, 6.07) is 0. The fourth-order valence-corrected chi connectivity index (χ4v) is 3.20. The van der Waals surface area contributed by atoms with E-state index in [1.54, 1.807) is 0 Å². The molecule has 0 spiro atoms. The molecule has 0 aromatic carbocycles. The summed E-state index contributed by atoms with van der Waals surface area (Å²) in [4.78, 5) is 0.457. The lowest BCUT2D eigenvalue weighted by molar-refractivity contribution is 0.799. The topological polar surface area (TPSA) is 0 Å². The highest BCUT2D eigenvalue weighted by Gasteiger charge is 2.31. The molecule has 68 valence electrons. The molecule has 11 heavy (non-hydrogen) atoms. The molecule has 0 aliphatic carbocycles. The van der Waals surface area contributed by atoms with Crippen molar-refractivity contribution in [2.24, 2.45) is 0 Å². The summed E-state index contributed by atoms with van der Waals surface area (Å²) >= 11 is 20.9. The van der Waals surface area contributed by atoms with Crippen molar-refractivity contribution in [2.45, 2.75) is 18.2 Å². The number of hydrogen-bond acceptors (Lipinski definition) is 0. The summed E-state index contributed by atoms with van der Waals surface area (Å²) in [5.74, 6) is 0. The first-order valence-corrected chi connectivity index (χ1v) is 8.21. The van der Waals surface area contributed by atoms with Gasteiger partial charge in [0.05, 0.1) is 3.74 Å². The van der Waals surface area contributed by atoms with Crippen LogP contribution in [0, 0.1) is 0 Å². The van der Waals surface area contributed by atoms with E-state index in [9.17, 15) is 0 Å². The van der Waals surface area contributed by atoms with Gasteiger partial charge in [-0.1, -0.05) is 95.6 Å².